The fourth-order valence-electron chi connectivity index (χ4n) is 5.51. The molecule has 2 atom stereocenters. The minimum absolute atomic E-state index is 0.117. The summed E-state index contributed by atoms with van der Waals surface area (Å²) < 4.78 is 24.2. The lowest BCUT2D eigenvalue weighted by atomic mass is 9.78. The van der Waals surface area contributed by atoms with Crippen molar-refractivity contribution in [2.45, 2.75) is 25.4 Å². The highest BCUT2D eigenvalue weighted by atomic mass is 19.1. The second-order valence-electron chi connectivity index (χ2n) is 9.85. The number of nitrogens with zero attached hydrogens (tertiary/aromatic N) is 3. The molecule has 2 aliphatic rings. The summed E-state index contributed by atoms with van der Waals surface area (Å²) >= 11 is 0. The maximum atomic E-state index is 14.4. The van der Waals surface area contributed by atoms with E-state index >= 15 is 0 Å². The summed E-state index contributed by atoms with van der Waals surface area (Å²) in [5.41, 5.74) is 2.68. The number of fused-ring (bicyclic) bond motifs is 1. The van der Waals surface area contributed by atoms with Gasteiger partial charge in [0.2, 0.25) is 5.91 Å². The van der Waals surface area contributed by atoms with Crippen molar-refractivity contribution in [3.63, 3.8) is 0 Å². The first-order valence-corrected chi connectivity index (χ1v) is 13.4. The van der Waals surface area contributed by atoms with Crippen LogP contribution in [0.15, 0.2) is 72.8 Å². The molecule has 3 aromatic carbocycles. The standard InChI is InChI=1S/C31H32FN3O5/c1-3-40-31(38)34-18-16-33(17-19-34)30(37)27-25-6-4-5-7-26(25)29(36)35(20-21-8-12-23(32)13-9-21)28(27)22-10-14-24(39-2)15-11-22/h4-15,27-28H,3,16-20H2,1-2H3/t27-,28+/m0/s1. The van der Waals surface area contributed by atoms with Crippen LogP contribution in [0, 0.1) is 5.82 Å². The summed E-state index contributed by atoms with van der Waals surface area (Å²) in [6, 6.07) is 20.0. The lowest BCUT2D eigenvalue weighted by molar-refractivity contribution is -0.136. The number of hydrogen-bond donors (Lipinski definition) is 0. The van der Waals surface area contributed by atoms with Crippen LogP contribution in [0.4, 0.5) is 9.18 Å². The van der Waals surface area contributed by atoms with Crippen molar-refractivity contribution in [1.29, 1.82) is 0 Å². The van der Waals surface area contributed by atoms with Crippen molar-refractivity contribution in [1.82, 2.24) is 14.7 Å². The first-order chi connectivity index (χ1) is 19.4. The van der Waals surface area contributed by atoms with Gasteiger partial charge in [0.05, 0.1) is 25.7 Å². The van der Waals surface area contributed by atoms with Gasteiger partial charge < -0.3 is 24.2 Å². The molecule has 5 rings (SSSR count). The highest BCUT2D eigenvalue weighted by Gasteiger charge is 2.46. The van der Waals surface area contributed by atoms with Crippen LogP contribution in [0.2, 0.25) is 0 Å². The molecule has 0 saturated carbocycles. The minimum Gasteiger partial charge on any atom is -0.497 e. The quantitative estimate of drug-likeness (QED) is 0.452. The van der Waals surface area contributed by atoms with E-state index in [9.17, 15) is 18.8 Å². The van der Waals surface area contributed by atoms with Gasteiger partial charge >= 0.3 is 6.09 Å². The number of methoxy groups -OCH3 is 1. The van der Waals surface area contributed by atoms with Crippen molar-refractivity contribution in [3.8, 4) is 5.75 Å². The third kappa shape index (κ3) is 5.36. The molecule has 9 heteroatoms. The fourth-order valence-corrected chi connectivity index (χ4v) is 5.51. The smallest absolute Gasteiger partial charge is 0.409 e. The number of ether oxygens (including phenoxy) is 2. The van der Waals surface area contributed by atoms with E-state index in [4.69, 9.17) is 9.47 Å². The number of halogens is 1. The van der Waals surface area contributed by atoms with Crippen LogP contribution in [-0.4, -0.2) is 72.5 Å². The van der Waals surface area contributed by atoms with Crippen molar-refractivity contribution in [2.24, 2.45) is 0 Å². The van der Waals surface area contributed by atoms with Crippen LogP contribution in [0.25, 0.3) is 0 Å². The Balaban J connectivity index is 1.54. The highest BCUT2D eigenvalue weighted by Crippen LogP contribution is 2.45. The number of amides is 3. The van der Waals surface area contributed by atoms with Gasteiger partial charge in [0.15, 0.2) is 0 Å². The Hall–Kier alpha value is -4.40. The molecule has 0 spiro atoms. The Labute approximate surface area is 232 Å². The molecule has 2 heterocycles. The zero-order valence-corrected chi connectivity index (χ0v) is 22.6. The molecule has 3 aromatic rings. The molecule has 0 radical (unpaired) electrons. The number of rotatable bonds is 6. The predicted octanol–water partition coefficient (Wildman–Crippen LogP) is 4.62. The monoisotopic (exact) mass is 545 g/mol. The van der Waals surface area contributed by atoms with Gasteiger partial charge in [-0.3, -0.25) is 9.59 Å². The third-order valence-corrected chi connectivity index (χ3v) is 7.55. The fraction of sp³-hybridized carbons (Fsp3) is 0.323. The number of carbonyl (C=O) groups is 3. The van der Waals surface area contributed by atoms with Gasteiger partial charge in [0.25, 0.3) is 5.91 Å². The molecule has 0 aromatic heterocycles. The van der Waals surface area contributed by atoms with Crippen molar-refractivity contribution in [3.05, 3.63) is 101 Å². The summed E-state index contributed by atoms with van der Waals surface area (Å²) in [5, 5.41) is 0. The summed E-state index contributed by atoms with van der Waals surface area (Å²) in [4.78, 5) is 45.6. The summed E-state index contributed by atoms with van der Waals surface area (Å²) in [6.07, 6.45) is -0.384. The average molecular weight is 546 g/mol. The van der Waals surface area contributed by atoms with E-state index in [2.05, 4.69) is 0 Å². The SMILES string of the molecule is CCOC(=O)N1CCN(C(=O)[C@H]2c3ccccc3C(=O)N(Cc3ccc(F)cc3)[C@@H]2c2ccc(OC)cc2)CC1. The van der Waals surface area contributed by atoms with Crippen LogP contribution in [0.3, 0.4) is 0 Å². The zero-order chi connectivity index (χ0) is 28.2. The Morgan fingerprint density at radius 3 is 2.20 bits per heavy atom. The Morgan fingerprint density at radius 2 is 1.55 bits per heavy atom. The summed E-state index contributed by atoms with van der Waals surface area (Å²) in [6.45, 7) is 3.70. The number of carbonyl (C=O) groups excluding carboxylic acids is 3. The molecule has 3 amide bonds. The first-order valence-electron chi connectivity index (χ1n) is 13.4. The number of benzene rings is 3. The summed E-state index contributed by atoms with van der Waals surface area (Å²) in [5.74, 6) is -0.697. The molecule has 0 N–H and O–H groups in total. The van der Waals surface area contributed by atoms with Crippen molar-refractivity contribution >= 4 is 17.9 Å². The minimum atomic E-state index is -0.683. The van der Waals surface area contributed by atoms with Gasteiger partial charge in [-0.05, 0) is 53.9 Å². The number of piperazine rings is 1. The lowest BCUT2D eigenvalue weighted by Crippen LogP contribution is -2.54. The topological polar surface area (TPSA) is 79.4 Å². The highest BCUT2D eigenvalue weighted by molar-refractivity contribution is 6.01. The normalized spacial score (nSPS) is 18.8. The first kappa shape index (κ1) is 27.2. The van der Waals surface area contributed by atoms with E-state index in [1.54, 1.807) is 53.0 Å². The maximum absolute atomic E-state index is 14.4. The van der Waals surface area contributed by atoms with E-state index in [1.807, 2.05) is 36.4 Å². The van der Waals surface area contributed by atoms with Gasteiger partial charge in [-0.25, -0.2) is 9.18 Å². The second-order valence-corrected chi connectivity index (χ2v) is 9.85. The van der Waals surface area contributed by atoms with Crippen LogP contribution >= 0.6 is 0 Å². The largest absolute Gasteiger partial charge is 0.497 e. The molecule has 208 valence electrons. The van der Waals surface area contributed by atoms with Crippen LogP contribution in [0.5, 0.6) is 5.75 Å². The Bertz CT molecular complexity index is 1370. The molecular weight excluding hydrogens is 513 g/mol. The van der Waals surface area contributed by atoms with E-state index in [0.717, 1.165) is 11.1 Å². The molecule has 40 heavy (non-hydrogen) atoms. The Morgan fingerprint density at radius 1 is 0.900 bits per heavy atom. The van der Waals surface area contributed by atoms with Crippen LogP contribution in [-0.2, 0) is 16.1 Å². The van der Waals surface area contributed by atoms with Gasteiger partial charge in [0.1, 0.15) is 11.6 Å². The molecule has 0 aliphatic carbocycles. The van der Waals surface area contributed by atoms with Gasteiger partial charge in [-0.15, -0.1) is 0 Å². The molecule has 0 unspecified atom stereocenters. The van der Waals surface area contributed by atoms with E-state index in [-0.39, 0.29) is 36.9 Å². The summed E-state index contributed by atoms with van der Waals surface area (Å²) in [7, 11) is 1.58. The molecule has 1 fully saturated rings. The molecule has 2 aliphatic heterocycles. The lowest BCUT2D eigenvalue weighted by Gasteiger charge is -2.44. The van der Waals surface area contributed by atoms with E-state index < -0.39 is 12.0 Å². The predicted molar refractivity (Wildman–Crippen MR) is 146 cm³/mol. The maximum Gasteiger partial charge on any atom is 0.409 e. The van der Waals surface area contributed by atoms with Crippen LogP contribution < -0.4 is 4.74 Å². The van der Waals surface area contributed by atoms with Gasteiger partial charge in [-0.2, -0.15) is 0 Å². The van der Waals surface area contributed by atoms with E-state index in [1.165, 1.54) is 12.1 Å². The average Bonchev–Trinajstić information content (AvgIpc) is 2.99. The van der Waals surface area contributed by atoms with Crippen LogP contribution in [0.1, 0.15) is 45.9 Å². The molecule has 8 nitrogen and oxygen atoms in total. The van der Waals surface area contributed by atoms with Crippen molar-refractivity contribution < 1.29 is 28.2 Å². The van der Waals surface area contributed by atoms with E-state index in [0.29, 0.717) is 43.1 Å². The molecule has 1 saturated heterocycles. The third-order valence-electron chi connectivity index (χ3n) is 7.55. The molecule has 0 bridgehead atoms. The van der Waals surface area contributed by atoms with Crippen molar-refractivity contribution in [2.75, 3.05) is 39.9 Å². The van der Waals surface area contributed by atoms with Gasteiger partial charge in [0, 0.05) is 38.3 Å². The van der Waals surface area contributed by atoms with Gasteiger partial charge in [-0.1, -0.05) is 42.5 Å². The Kier molecular flexibility index (Phi) is 8.00. The molecular formula is C31H32FN3O5. The number of hydrogen-bond acceptors (Lipinski definition) is 5. The zero-order valence-electron chi connectivity index (χ0n) is 22.6. The second kappa shape index (κ2) is 11.8.